The van der Waals surface area contributed by atoms with Crippen LogP contribution in [0.15, 0.2) is 24.4 Å². The minimum Gasteiger partial charge on any atom is -0.377 e. The van der Waals surface area contributed by atoms with Crippen LogP contribution in [0.25, 0.3) is 0 Å². The van der Waals surface area contributed by atoms with Crippen LogP contribution in [0.5, 0.6) is 0 Å². The van der Waals surface area contributed by atoms with Crippen molar-refractivity contribution in [3.05, 3.63) is 30.1 Å². The van der Waals surface area contributed by atoms with Crippen molar-refractivity contribution in [2.75, 3.05) is 32.8 Å². The molecule has 0 bridgehead atoms. The van der Waals surface area contributed by atoms with Gasteiger partial charge in [0.25, 0.3) is 0 Å². The molecule has 0 unspecified atom stereocenters. The largest absolute Gasteiger partial charge is 0.377 e. The Kier molecular flexibility index (Phi) is 4.31. The van der Waals surface area contributed by atoms with Gasteiger partial charge in [0.05, 0.1) is 17.7 Å². The molecular formula is C18H25N3O2. The molecule has 124 valence electrons. The Bertz CT molecular complexity index is 544. The summed E-state index contributed by atoms with van der Waals surface area (Å²) in [7, 11) is 0. The molecule has 4 rings (SSSR count). The molecule has 1 aromatic heterocycles. The van der Waals surface area contributed by atoms with Crippen molar-refractivity contribution in [1.82, 2.24) is 14.8 Å². The van der Waals surface area contributed by atoms with E-state index < -0.39 is 0 Å². The number of likely N-dealkylation sites (tertiary alicyclic amines) is 2. The van der Waals surface area contributed by atoms with Gasteiger partial charge in [-0.1, -0.05) is 6.07 Å². The Hall–Kier alpha value is -1.46. The third-order valence-electron chi connectivity index (χ3n) is 5.52. The molecule has 3 aliphatic rings. The highest BCUT2D eigenvalue weighted by atomic mass is 16.5. The number of ether oxygens (including phenoxy) is 1. The molecular weight excluding hydrogens is 290 g/mol. The smallest absolute Gasteiger partial charge is 0.227 e. The molecule has 23 heavy (non-hydrogen) atoms. The first kappa shape index (κ1) is 15.1. The highest BCUT2D eigenvalue weighted by molar-refractivity contribution is 5.80. The lowest BCUT2D eigenvalue weighted by Crippen LogP contribution is -2.52. The molecule has 1 amide bonds. The van der Waals surface area contributed by atoms with Crippen LogP contribution < -0.4 is 0 Å². The second-order valence-corrected chi connectivity index (χ2v) is 7.02. The number of piperidine rings is 1. The molecule has 0 aromatic carbocycles. The van der Waals surface area contributed by atoms with Gasteiger partial charge in [-0.15, -0.1) is 0 Å². The SMILES string of the molecule is O=C([C@@H]1CN(Cc2ccccn2)C[C@@H]2OCC[C@@H]21)N1CCCC1. The number of carbonyl (C=O) groups excluding carboxylic acids is 1. The summed E-state index contributed by atoms with van der Waals surface area (Å²) in [5.41, 5.74) is 1.07. The number of fused-ring (bicyclic) bond motifs is 1. The fraction of sp³-hybridized carbons (Fsp3) is 0.667. The number of pyridine rings is 1. The summed E-state index contributed by atoms with van der Waals surface area (Å²) in [5.74, 6) is 0.856. The summed E-state index contributed by atoms with van der Waals surface area (Å²) < 4.78 is 5.94. The molecule has 3 saturated heterocycles. The van der Waals surface area contributed by atoms with E-state index in [0.717, 1.165) is 64.3 Å². The first-order valence-electron chi connectivity index (χ1n) is 8.84. The number of hydrogen-bond donors (Lipinski definition) is 0. The fourth-order valence-corrected chi connectivity index (χ4v) is 4.34. The Morgan fingerprint density at radius 2 is 2.13 bits per heavy atom. The van der Waals surface area contributed by atoms with E-state index >= 15 is 0 Å². The average Bonchev–Trinajstić information content (AvgIpc) is 3.26. The molecule has 0 aliphatic carbocycles. The van der Waals surface area contributed by atoms with Gasteiger partial charge in [-0.3, -0.25) is 14.7 Å². The normalized spacial score (nSPS) is 31.3. The average molecular weight is 315 g/mol. The maximum atomic E-state index is 13.0. The van der Waals surface area contributed by atoms with Crippen LogP contribution in [0.1, 0.15) is 25.0 Å². The molecule has 3 aliphatic heterocycles. The highest BCUT2D eigenvalue weighted by Crippen LogP contribution is 2.35. The molecule has 3 fully saturated rings. The summed E-state index contributed by atoms with van der Waals surface area (Å²) in [6, 6.07) is 6.02. The Morgan fingerprint density at radius 3 is 2.91 bits per heavy atom. The van der Waals surface area contributed by atoms with Gasteiger partial charge >= 0.3 is 0 Å². The van der Waals surface area contributed by atoms with Crippen LogP contribution in [0, 0.1) is 11.8 Å². The van der Waals surface area contributed by atoms with Crippen molar-refractivity contribution in [2.24, 2.45) is 11.8 Å². The zero-order valence-electron chi connectivity index (χ0n) is 13.6. The highest BCUT2D eigenvalue weighted by Gasteiger charge is 2.45. The van der Waals surface area contributed by atoms with Crippen molar-refractivity contribution in [3.8, 4) is 0 Å². The van der Waals surface area contributed by atoms with Crippen LogP contribution >= 0.6 is 0 Å². The molecule has 5 nitrogen and oxygen atoms in total. The Morgan fingerprint density at radius 1 is 1.26 bits per heavy atom. The van der Waals surface area contributed by atoms with Crippen molar-refractivity contribution < 1.29 is 9.53 Å². The van der Waals surface area contributed by atoms with Gasteiger partial charge in [-0.25, -0.2) is 0 Å². The second-order valence-electron chi connectivity index (χ2n) is 7.02. The summed E-state index contributed by atoms with van der Waals surface area (Å²) in [4.78, 5) is 21.8. The number of aromatic nitrogens is 1. The monoisotopic (exact) mass is 315 g/mol. The molecule has 1 aromatic rings. The van der Waals surface area contributed by atoms with Crippen molar-refractivity contribution in [2.45, 2.75) is 31.9 Å². The molecule has 3 atom stereocenters. The predicted octanol–water partition coefficient (Wildman–Crippen LogP) is 1.54. The maximum absolute atomic E-state index is 13.0. The number of rotatable bonds is 3. The van der Waals surface area contributed by atoms with E-state index in [1.54, 1.807) is 0 Å². The van der Waals surface area contributed by atoms with Crippen LogP contribution in [0.2, 0.25) is 0 Å². The van der Waals surface area contributed by atoms with Gasteiger partial charge in [0.1, 0.15) is 0 Å². The van der Waals surface area contributed by atoms with E-state index in [1.165, 1.54) is 0 Å². The van der Waals surface area contributed by atoms with Crippen molar-refractivity contribution >= 4 is 5.91 Å². The Balaban J connectivity index is 1.49. The van der Waals surface area contributed by atoms with E-state index in [-0.39, 0.29) is 12.0 Å². The minimum absolute atomic E-state index is 0.0954. The van der Waals surface area contributed by atoms with Gasteiger partial charge in [0, 0.05) is 51.4 Å². The van der Waals surface area contributed by atoms with Gasteiger partial charge < -0.3 is 9.64 Å². The van der Waals surface area contributed by atoms with Crippen LogP contribution in [0.4, 0.5) is 0 Å². The van der Waals surface area contributed by atoms with Gasteiger partial charge in [-0.2, -0.15) is 0 Å². The lowest BCUT2D eigenvalue weighted by atomic mass is 9.82. The van der Waals surface area contributed by atoms with Crippen LogP contribution in [0.3, 0.4) is 0 Å². The number of carbonyl (C=O) groups is 1. The summed E-state index contributed by atoms with van der Waals surface area (Å²) >= 11 is 0. The van der Waals surface area contributed by atoms with E-state index in [0.29, 0.717) is 11.8 Å². The van der Waals surface area contributed by atoms with Gasteiger partial charge in [-0.05, 0) is 31.4 Å². The second kappa shape index (κ2) is 6.57. The predicted molar refractivity (Wildman–Crippen MR) is 86.7 cm³/mol. The summed E-state index contributed by atoms with van der Waals surface area (Å²) in [6.45, 7) is 5.25. The summed E-state index contributed by atoms with van der Waals surface area (Å²) in [5, 5.41) is 0. The molecule has 5 heteroatoms. The Labute approximate surface area is 137 Å². The standard InChI is InChI=1S/C18H25N3O2/c22-18(21-8-3-4-9-21)16-12-20(11-14-5-1-2-7-19-14)13-17-15(16)6-10-23-17/h1-2,5,7,15-17H,3-4,6,8-13H2/t15-,16-,17+/m1/s1. The lowest BCUT2D eigenvalue weighted by molar-refractivity contribution is -0.140. The van der Waals surface area contributed by atoms with Crippen molar-refractivity contribution in [1.29, 1.82) is 0 Å². The van der Waals surface area contributed by atoms with E-state index in [4.69, 9.17) is 4.74 Å². The molecule has 0 saturated carbocycles. The quantitative estimate of drug-likeness (QED) is 0.849. The molecule has 0 radical (unpaired) electrons. The fourth-order valence-electron chi connectivity index (χ4n) is 4.34. The summed E-state index contributed by atoms with van der Waals surface area (Å²) in [6.07, 6.45) is 5.39. The first-order valence-corrected chi connectivity index (χ1v) is 8.84. The number of nitrogens with zero attached hydrogens (tertiary/aromatic N) is 3. The molecule has 0 N–H and O–H groups in total. The zero-order valence-corrected chi connectivity index (χ0v) is 13.6. The van der Waals surface area contributed by atoms with Crippen LogP contribution in [-0.2, 0) is 16.1 Å². The number of hydrogen-bond acceptors (Lipinski definition) is 4. The van der Waals surface area contributed by atoms with Crippen LogP contribution in [-0.4, -0.2) is 59.6 Å². The molecule has 4 heterocycles. The lowest BCUT2D eigenvalue weighted by Gasteiger charge is -2.40. The van der Waals surface area contributed by atoms with E-state index in [9.17, 15) is 4.79 Å². The third kappa shape index (κ3) is 3.12. The number of amides is 1. The van der Waals surface area contributed by atoms with Crippen molar-refractivity contribution in [3.63, 3.8) is 0 Å². The van der Waals surface area contributed by atoms with E-state index in [1.807, 2.05) is 18.3 Å². The zero-order chi connectivity index (χ0) is 15.6. The van der Waals surface area contributed by atoms with Gasteiger partial charge in [0.2, 0.25) is 5.91 Å². The topological polar surface area (TPSA) is 45.7 Å². The molecule has 0 spiro atoms. The third-order valence-corrected chi connectivity index (χ3v) is 5.52. The first-order chi connectivity index (χ1) is 11.3. The van der Waals surface area contributed by atoms with E-state index in [2.05, 4.69) is 20.9 Å². The van der Waals surface area contributed by atoms with Gasteiger partial charge in [0.15, 0.2) is 0 Å². The maximum Gasteiger partial charge on any atom is 0.227 e. The minimum atomic E-state index is 0.0954.